The molecule has 2 aromatic rings. The van der Waals surface area contributed by atoms with Gasteiger partial charge in [0.05, 0.1) is 0 Å². The van der Waals surface area contributed by atoms with Gasteiger partial charge in [0.15, 0.2) is 0 Å². The van der Waals surface area contributed by atoms with Gasteiger partial charge in [-0.3, -0.25) is 0 Å². The number of benzene rings is 2. The zero-order valence-electron chi connectivity index (χ0n) is 10.5. The second-order valence-electron chi connectivity index (χ2n) is 5.13. The van der Waals surface area contributed by atoms with Crippen LogP contribution in [0.5, 0.6) is 0 Å². The molecule has 2 atom stereocenters. The van der Waals surface area contributed by atoms with Crippen LogP contribution < -0.4 is 5.32 Å². The van der Waals surface area contributed by atoms with E-state index < -0.39 is 0 Å². The Bertz CT molecular complexity index is 477. The molecule has 1 saturated carbocycles. The number of nitrogens with one attached hydrogen (secondary N) is 1. The molecule has 1 heteroatoms. The van der Waals surface area contributed by atoms with E-state index >= 15 is 0 Å². The number of hydrogen-bond donors (Lipinski definition) is 1. The van der Waals surface area contributed by atoms with Gasteiger partial charge in [0.2, 0.25) is 0 Å². The van der Waals surface area contributed by atoms with Gasteiger partial charge in [0, 0.05) is 6.54 Å². The third-order valence-electron chi connectivity index (χ3n) is 3.73. The smallest absolute Gasteiger partial charge is 0.0205 e. The Morgan fingerprint density at radius 1 is 0.889 bits per heavy atom. The lowest BCUT2D eigenvalue weighted by molar-refractivity contribution is 0.627. The average Bonchev–Trinajstić information content (AvgIpc) is 3.21. The first kappa shape index (κ1) is 11.5. The Morgan fingerprint density at radius 2 is 1.56 bits per heavy atom. The minimum Gasteiger partial charge on any atom is -0.312 e. The van der Waals surface area contributed by atoms with E-state index in [2.05, 4.69) is 66.0 Å². The van der Waals surface area contributed by atoms with Gasteiger partial charge in [-0.2, -0.15) is 0 Å². The fraction of sp³-hybridized carbons (Fsp3) is 0.294. The van der Waals surface area contributed by atoms with E-state index in [0.717, 1.165) is 24.9 Å². The summed E-state index contributed by atoms with van der Waals surface area (Å²) in [6, 6.07) is 21.5. The zero-order chi connectivity index (χ0) is 12.2. The Kier molecular flexibility index (Phi) is 3.42. The van der Waals surface area contributed by atoms with Gasteiger partial charge in [-0.15, -0.1) is 0 Å². The van der Waals surface area contributed by atoms with Crippen LogP contribution in [0.3, 0.4) is 0 Å². The van der Waals surface area contributed by atoms with Gasteiger partial charge in [0.25, 0.3) is 0 Å². The van der Waals surface area contributed by atoms with E-state index in [9.17, 15) is 0 Å². The highest BCUT2D eigenvalue weighted by Crippen LogP contribution is 2.46. The number of rotatable bonds is 5. The van der Waals surface area contributed by atoms with Gasteiger partial charge < -0.3 is 5.32 Å². The molecule has 0 saturated heterocycles. The Balaban J connectivity index is 1.44. The van der Waals surface area contributed by atoms with E-state index in [4.69, 9.17) is 0 Å². The molecular formula is C17H19N. The van der Waals surface area contributed by atoms with Crippen LogP contribution in [0.4, 0.5) is 0 Å². The summed E-state index contributed by atoms with van der Waals surface area (Å²) < 4.78 is 0. The normalized spacial score (nSPS) is 21.8. The standard InChI is InChI=1S/C17H19N/c1-3-7-14(8-4-1)12-18-13-16-11-17(16)15-9-5-2-6-10-15/h1-10,16-18H,11-13H2/t16-,17-/m0/s1. The molecule has 1 fully saturated rings. The van der Waals surface area contributed by atoms with Gasteiger partial charge in [-0.05, 0) is 35.9 Å². The van der Waals surface area contributed by atoms with Crippen LogP contribution in [0.25, 0.3) is 0 Å². The summed E-state index contributed by atoms with van der Waals surface area (Å²) >= 11 is 0. The predicted molar refractivity (Wildman–Crippen MR) is 75.4 cm³/mol. The Morgan fingerprint density at radius 3 is 2.28 bits per heavy atom. The van der Waals surface area contributed by atoms with Crippen LogP contribution in [0.1, 0.15) is 23.5 Å². The highest BCUT2D eigenvalue weighted by Gasteiger charge is 2.37. The number of hydrogen-bond acceptors (Lipinski definition) is 1. The highest BCUT2D eigenvalue weighted by molar-refractivity contribution is 5.25. The molecule has 0 heterocycles. The maximum Gasteiger partial charge on any atom is 0.0205 e. The van der Waals surface area contributed by atoms with Gasteiger partial charge >= 0.3 is 0 Å². The predicted octanol–water partition coefficient (Wildman–Crippen LogP) is 3.58. The van der Waals surface area contributed by atoms with Crippen LogP contribution in [-0.4, -0.2) is 6.54 Å². The van der Waals surface area contributed by atoms with Crippen LogP contribution >= 0.6 is 0 Å². The van der Waals surface area contributed by atoms with Crippen molar-refractivity contribution in [1.29, 1.82) is 0 Å². The molecule has 18 heavy (non-hydrogen) atoms. The van der Waals surface area contributed by atoms with Crippen molar-refractivity contribution >= 4 is 0 Å². The van der Waals surface area contributed by atoms with Gasteiger partial charge in [-0.25, -0.2) is 0 Å². The molecule has 0 bridgehead atoms. The maximum atomic E-state index is 3.56. The summed E-state index contributed by atoms with van der Waals surface area (Å²) in [6.45, 7) is 2.12. The van der Waals surface area contributed by atoms with E-state index in [0.29, 0.717) is 0 Å². The van der Waals surface area contributed by atoms with Gasteiger partial charge in [0.1, 0.15) is 0 Å². The molecule has 0 amide bonds. The molecule has 1 N–H and O–H groups in total. The molecule has 0 aromatic heterocycles. The molecule has 0 spiro atoms. The quantitative estimate of drug-likeness (QED) is 0.838. The van der Waals surface area contributed by atoms with Crippen molar-refractivity contribution in [2.75, 3.05) is 6.54 Å². The first-order chi connectivity index (χ1) is 8.93. The molecule has 2 aromatic carbocycles. The van der Waals surface area contributed by atoms with E-state index in [1.807, 2.05) is 0 Å². The molecule has 92 valence electrons. The molecule has 0 unspecified atom stereocenters. The van der Waals surface area contributed by atoms with E-state index in [1.165, 1.54) is 17.5 Å². The van der Waals surface area contributed by atoms with E-state index in [1.54, 1.807) is 0 Å². The van der Waals surface area contributed by atoms with Crippen molar-refractivity contribution in [2.45, 2.75) is 18.9 Å². The summed E-state index contributed by atoms with van der Waals surface area (Å²) in [5, 5.41) is 3.56. The van der Waals surface area contributed by atoms with Gasteiger partial charge in [-0.1, -0.05) is 60.7 Å². The minimum atomic E-state index is 0.787. The first-order valence-electron chi connectivity index (χ1n) is 6.73. The van der Waals surface area contributed by atoms with Crippen molar-refractivity contribution in [3.8, 4) is 0 Å². The molecule has 1 aliphatic rings. The lowest BCUT2D eigenvalue weighted by atomic mass is 10.1. The summed E-state index contributed by atoms with van der Waals surface area (Å²) in [6.07, 6.45) is 1.34. The molecular weight excluding hydrogens is 218 g/mol. The third-order valence-corrected chi connectivity index (χ3v) is 3.73. The summed E-state index contributed by atoms with van der Waals surface area (Å²) in [5.41, 5.74) is 2.87. The third kappa shape index (κ3) is 2.80. The largest absolute Gasteiger partial charge is 0.312 e. The van der Waals surface area contributed by atoms with Crippen molar-refractivity contribution in [3.63, 3.8) is 0 Å². The highest BCUT2D eigenvalue weighted by atomic mass is 14.9. The average molecular weight is 237 g/mol. The van der Waals surface area contributed by atoms with Crippen molar-refractivity contribution in [3.05, 3.63) is 71.8 Å². The molecule has 0 radical (unpaired) electrons. The van der Waals surface area contributed by atoms with Crippen molar-refractivity contribution < 1.29 is 0 Å². The first-order valence-corrected chi connectivity index (χ1v) is 6.73. The minimum absolute atomic E-state index is 0.787. The van der Waals surface area contributed by atoms with Crippen LogP contribution in [0, 0.1) is 5.92 Å². The SMILES string of the molecule is c1ccc(CNC[C@@H]2C[C@H]2c2ccccc2)cc1. The van der Waals surface area contributed by atoms with Crippen LogP contribution in [0.15, 0.2) is 60.7 Å². The summed E-state index contributed by atoms with van der Waals surface area (Å²) in [4.78, 5) is 0. The topological polar surface area (TPSA) is 12.0 Å². The maximum absolute atomic E-state index is 3.56. The lowest BCUT2D eigenvalue weighted by Gasteiger charge is -2.04. The summed E-state index contributed by atoms with van der Waals surface area (Å²) in [7, 11) is 0. The molecule has 1 nitrogen and oxygen atoms in total. The van der Waals surface area contributed by atoms with Crippen molar-refractivity contribution in [1.82, 2.24) is 5.32 Å². The molecule has 3 rings (SSSR count). The Labute approximate surface area is 109 Å². The Hall–Kier alpha value is -1.60. The van der Waals surface area contributed by atoms with E-state index in [-0.39, 0.29) is 0 Å². The van der Waals surface area contributed by atoms with Crippen molar-refractivity contribution in [2.24, 2.45) is 5.92 Å². The van der Waals surface area contributed by atoms with Crippen LogP contribution in [-0.2, 0) is 6.54 Å². The molecule has 0 aliphatic heterocycles. The van der Waals surface area contributed by atoms with Crippen LogP contribution in [0.2, 0.25) is 0 Å². The monoisotopic (exact) mass is 237 g/mol. The lowest BCUT2D eigenvalue weighted by Crippen LogP contribution is -2.16. The molecule has 1 aliphatic carbocycles. The second kappa shape index (κ2) is 5.36. The zero-order valence-corrected chi connectivity index (χ0v) is 10.5. The fourth-order valence-electron chi connectivity index (χ4n) is 2.58. The second-order valence-corrected chi connectivity index (χ2v) is 5.13. The summed E-state index contributed by atoms with van der Waals surface area (Å²) in [5.74, 6) is 1.62. The fourth-order valence-corrected chi connectivity index (χ4v) is 2.58.